The quantitative estimate of drug-likeness (QED) is 0.488. The van der Waals surface area contributed by atoms with E-state index in [1.807, 2.05) is 0 Å². The number of nitro groups is 1. The van der Waals surface area contributed by atoms with Crippen molar-refractivity contribution in [3.8, 4) is 0 Å². The monoisotopic (exact) mass is 307 g/mol. The Morgan fingerprint density at radius 1 is 1.62 bits per heavy atom. The second kappa shape index (κ2) is 5.27. The second-order valence-corrected chi connectivity index (χ2v) is 4.02. The molecule has 7 heteroatoms. The number of rotatable bonds is 3. The van der Waals surface area contributed by atoms with E-state index in [-0.39, 0.29) is 27.4 Å². The van der Waals surface area contributed by atoms with Crippen LogP contribution < -0.4 is 0 Å². The summed E-state index contributed by atoms with van der Waals surface area (Å²) in [5.41, 5.74) is -0.0981. The highest BCUT2D eigenvalue weighted by atomic mass is 79.9. The molecule has 0 amide bonds. The van der Waals surface area contributed by atoms with Crippen LogP contribution >= 0.6 is 27.5 Å². The van der Waals surface area contributed by atoms with Crippen LogP contribution in [0.5, 0.6) is 0 Å². The van der Waals surface area contributed by atoms with E-state index in [1.54, 1.807) is 6.92 Å². The maximum atomic E-state index is 11.5. The van der Waals surface area contributed by atoms with Crippen molar-refractivity contribution in [2.24, 2.45) is 0 Å². The molecule has 0 radical (unpaired) electrons. The van der Waals surface area contributed by atoms with Crippen molar-refractivity contribution in [2.75, 3.05) is 6.61 Å². The number of benzene rings is 1. The van der Waals surface area contributed by atoms with E-state index in [0.29, 0.717) is 0 Å². The van der Waals surface area contributed by atoms with Gasteiger partial charge >= 0.3 is 5.97 Å². The van der Waals surface area contributed by atoms with Gasteiger partial charge in [-0.25, -0.2) is 4.79 Å². The summed E-state index contributed by atoms with van der Waals surface area (Å²) in [6, 6.07) is 2.32. The number of carbonyl (C=O) groups is 1. The number of esters is 1. The van der Waals surface area contributed by atoms with Crippen LogP contribution in [0.4, 0.5) is 5.69 Å². The SMILES string of the molecule is CCOC(=O)c1c(Cl)cc([N+](=O)[O-])cc1Br. The molecule has 0 saturated heterocycles. The number of non-ortho nitro benzene ring substituents is 1. The minimum Gasteiger partial charge on any atom is -0.462 e. The summed E-state index contributed by atoms with van der Waals surface area (Å²) in [6.07, 6.45) is 0. The van der Waals surface area contributed by atoms with E-state index in [2.05, 4.69) is 15.9 Å². The molecular weight excluding hydrogens is 301 g/mol. The minimum atomic E-state index is -0.616. The van der Waals surface area contributed by atoms with Crippen molar-refractivity contribution in [3.05, 3.63) is 37.3 Å². The summed E-state index contributed by atoms with van der Waals surface area (Å²) in [6.45, 7) is 1.86. The van der Waals surface area contributed by atoms with E-state index in [1.165, 1.54) is 6.07 Å². The van der Waals surface area contributed by atoms with Crippen molar-refractivity contribution in [1.82, 2.24) is 0 Å². The Bertz CT molecular complexity index is 426. The van der Waals surface area contributed by atoms with Crippen LogP contribution in [0.3, 0.4) is 0 Å². The van der Waals surface area contributed by atoms with Gasteiger partial charge in [-0.05, 0) is 22.9 Å². The summed E-state index contributed by atoms with van der Waals surface area (Å²) in [5, 5.41) is 10.5. The number of halogens is 2. The van der Waals surface area contributed by atoms with Gasteiger partial charge in [0.05, 0.1) is 22.1 Å². The molecule has 0 unspecified atom stereocenters. The van der Waals surface area contributed by atoms with Gasteiger partial charge in [-0.15, -0.1) is 0 Å². The molecule has 0 aliphatic heterocycles. The fourth-order valence-electron chi connectivity index (χ4n) is 1.06. The molecule has 0 aliphatic carbocycles. The molecule has 0 aromatic heterocycles. The molecule has 0 aliphatic rings. The maximum Gasteiger partial charge on any atom is 0.340 e. The van der Waals surface area contributed by atoms with Gasteiger partial charge in [0.1, 0.15) is 0 Å². The molecule has 0 spiro atoms. The van der Waals surface area contributed by atoms with E-state index >= 15 is 0 Å². The van der Waals surface area contributed by atoms with E-state index < -0.39 is 10.9 Å². The third-order valence-electron chi connectivity index (χ3n) is 1.72. The van der Waals surface area contributed by atoms with Crippen molar-refractivity contribution in [3.63, 3.8) is 0 Å². The largest absolute Gasteiger partial charge is 0.462 e. The Kier molecular flexibility index (Phi) is 4.26. The lowest BCUT2D eigenvalue weighted by atomic mass is 10.2. The number of hydrogen-bond donors (Lipinski definition) is 0. The molecule has 1 aromatic carbocycles. The molecule has 16 heavy (non-hydrogen) atoms. The van der Waals surface area contributed by atoms with Crippen molar-refractivity contribution >= 4 is 39.2 Å². The van der Waals surface area contributed by atoms with E-state index in [9.17, 15) is 14.9 Å². The molecule has 86 valence electrons. The van der Waals surface area contributed by atoms with Gasteiger partial charge in [0.2, 0.25) is 0 Å². The molecule has 0 bridgehead atoms. The van der Waals surface area contributed by atoms with Crippen LogP contribution in [0.15, 0.2) is 16.6 Å². The van der Waals surface area contributed by atoms with Gasteiger partial charge in [0.25, 0.3) is 5.69 Å². The van der Waals surface area contributed by atoms with Crippen LogP contribution in [0.1, 0.15) is 17.3 Å². The van der Waals surface area contributed by atoms with Gasteiger partial charge in [0.15, 0.2) is 0 Å². The first-order chi connectivity index (χ1) is 7.47. The summed E-state index contributed by atoms with van der Waals surface area (Å²) in [5.74, 6) is -0.616. The van der Waals surface area contributed by atoms with E-state index in [0.717, 1.165) is 6.07 Å². The maximum absolute atomic E-state index is 11.5. The Morgan fingerprint density at radius 2 is 2.25 bits per heavy atom. The van der Waals surface area contributed by atoms with E-state index in [4.69, 9.17) is 16.3 Å². The summed E-state index contributed by atoms with van der Waals surface area (Å²) < 4.78 is 5.01. The molecule has 5 nitrogen and oxygen atoms in total. The van der Waals surface area contributed by atoms with Crippen molar-refractivity contribution in [2.45, 2.75) is 6.92 Å². The summed E-state index contributed by atoms with van der Waals surface area (Å²) in [4.78, 5) is 21.4. The van der Waals surface area contributed by atoms with Crippen molar-refractivity contribution in [1.29, 1.82) is 0 Å². The topological polar surface area (TPSA) is 69.4 Å². The average Bonchev–Trinajstić information content (AvgIpc) is 2.16. The number of hydrogen-bond acceptors (Lipinski definition) is 4. The standard InChI is InChI=1S/C9H7BrClNO4/c1-2-16-9(13)8-6(10)3-5(12(14)15)4-7(8)11/h3-4H,2H2,1H3. The van der Waals surface area contributed by atoms with Crippen LogP contribution in [0, 0.1) is 10.1 Å². The Balaban J connectivity index is 3.22. The first kappa shape index (κ1) is 12.9. The Hall–Kier alpha value is -1.14. The van der Waals surface area contributed by atoms with Crippen molar-refractivity contribution < 1.29 is 14.5 Å². The molecule has 1 aromatic rings. The fraction of sp³-hybridized carbons (Fsp3) is 0.222. The molecule has 0 saturated carbocycles. The molecule has 1 rings (SSSR count). The molecule has 0 fully saturated rings. The van der Waals surface area contributed by atoms with Gasteiger partial charge in [-0.2, -0.15) is 0 Å². The minimum absolute atomic E-state index is 0.0143. The lowest BCUT2D eigenvalue weighted by Crippen LogP contribution is -2.06. The third-order valence-corrected chi connectivity index (χ3v) is 2.64. The van der Waals surface area contributed by atoms with Crippen LogP contribution in [0.25, 0.3) is 0 Å². The third kappa shape index (κ3) is 2.70. The van der Waals surface area contributed by atoms with Gasteiger partial charge in [-0.3, -0.25) is 10.1 Å². The highest BCUT2D eigenvalue weighted by Crippen LogP contribution is 2.30. The number of ether oxygens (including phenoxy) is 1. The highest BCUT2D eigenvalue weighted by Gasteiger charge is 2.20. The van der Waals surface area contributed by atoms with Crippen LogP contribution in [-0.4, -0.2) is 17.5 Å². The summed E-state index contributed by atoms with van der Waals surface area (Å²) in [7, 11) is 0. The average molecular weight is 309 g/mol. The molecular formula is C9H7BrClNO4. The normalized spacial score (nSPS) is 9.94. The lowest BCUT2D eigenvalue weighted by molar-refractivity contribution is -0.384. The second-order valence-electron chi connectivity index (χ2n) is 2.76. The van der Waals surface area contributed by atoms with Crippen LogP contribution in [-0.2, 0) is 4.74 Å². The Labute approximate surface area is 105 Å². The first-order valence-corrected chi connectivity index (χ1v) is 5.45. The highest BCUT2D eigenvalue weighted by molar-refractivity contribution is 9.10. The number of nitrogens with zero attached hydrogens (tertiary/aromatic N) is 1. The van der Waals surface area contributed by atoms with Crippen LogP contribution in [0.2, 0.25) is 5.02 Å². The number of carbonyl (C=O) groups excluding carboxylic acids is 1. The number of nitro benzene ring substituents is 1. The predicted octanol–water partition coefficient (Wildman–Crippen LogP) is 3.19. The molecule has 0 atom stereocenters. The van der Waals surface area contributed by atoms with Gasteiger partial charge in [-0.1, -0.05) is 11.6 Å². The predicted molar refractivity (Wildman–Crippen MR) is 61.8 cm³/mol. The zero-order valence-corrected chi connectivity index (χ0v) is 10.5. The van der Waals surface area contributed by atoms with Gasteiger partial charge in [0, 0.05) is 16.6 Å². The van der Waals surface area contributed by atoms with Gasteiger partial charge < -0.3 is 4.74 Å². The summed E-state index contributed by atoms with van der Waals surface area (Å²) >= 11 is 8.82. The fourth-order valence-corrected chi connectivity index (χ4v) is 2.08. The zero-order chi connectivity index (χ0) is 12.3. The first-order valence-electron chi connectivity index (χ1n) is 4.28. The molecule has 0 N–H and O–H groups in total. The zero-order valence-electron chi connectivity index (χ0n) is 8.20. The molecule has 0 heterocycles. The lowest BCUT2D eigenvalue weighted by Gasteiger charge is -2.06. The smallest absolute Gasteiger partial charge is 0.340 e. The Morgan fingerprint density at radius 3 is 2.69 bits per heavy atom.